The Bertz CT molecular complexity index is 774. The van der Waals surface area contributed by atoms with Crippen LogP contribution in [-0.4, -0.2) is 16.1 Å². The van der Waals surface area contributed by atoms with Gasteiger partial charge in [0, 0.05) is 4.70 Å². The zero-order valence-corrected chi connectivity index (χ0v) is 12.5. The number of nitrogens with zero attached hydrogens (tertiary/aromatic N) is 1. The molecule has 21 heavy (non-hydrogen) atoms. The number of carbonyl (C=O) groups is 1. The number of benzene rings is 1. The van der Waals surface area contributed by atoms with E-state index in [1.807, 2.05) is 19.1 Å². The first-order valence-corrected chi connectivity index (χ1v) is 7.73. The summed E-state index contributed by atoms with van der Waals surface area (Å²) in [6.07, 6.45) is 1.56. The highest BCUT2D eigenvalue weighted by atomic mass is 32.1. The van der Waals surface area contributed by atoms with E-state index < -0.39 is 5.97 Å². The molecule has 1 N–H and O–H groups in total. The minimum absolute atomic E-state index is 0.307. The minimum Gasteiger partial charge on any atom is -0.478 e. The molecule has 1 aromatic carbocycles. The number of carboxylic acids is 1. The van der Waals surface area contributed by atoms with Crippen molar-refractivity contribution in [2.24, 2.45) is 0 Å². The fourth-order valence-corrected chi connectivity index (χ4v) is 3.40. The first-order chi connectivity index (χ1) is 10.2. The lowest BCUT2D eigenvalue weighted by Gasteiger charge is -2.06. The number of thiophene rings is 1. The van der Waals surface area contributed by atoms with Crippen molar-refractivity contribution in [2.45, 2.75) is 19.8 Å². The molecule has 106 valence electrons. The van der Waals surface area contributed by atoms with Crippen molar-refractivity contribution in [2.75, 3.05) is 0 Å². The molecule has 0 spiro atoms. The minimum atomic E-state index is -0.908. The molecular weight excluding hydrogens is 282 g/mol. The van der Waals surface area contributed by atoms with E-state index in [1.165, 1.54) is 10.1 Å². The van der Waals surface area contributed by atoms with Crippen LogP contribution in [0, 0.1) is 0 Å². The molecule has 3 aromatic rings. The average Bonchev–Trinajstić information content (AvgIpc) is 2.91. The van der Waals surface area contributed by atoms with Crippen LogP contribution < -0.4 is 0 Å². The van der Waals surface area contributed by atoms with E-state index in [0.29, 0.717) is 17.7 Å². The molecule has 0 saturated carbocycles. The third-order valence-electron chi connectivity index (χ3n) is 3.37. The molecule has 3 nitrogen and oxygen atoms in total. The largest absolute Gasteiger partial charge is 0.478 e. The zero-order valence-electron chi connectivity index (χ0n) is 11.7. The molecule has 2 aromatic heterocycles. The highest BCUT2D eigenvalue weighted by Crippen LogP contribution is 2.32. The summed E-state index contributed by atoms with van der Waals surface area (Å²) in [6.45, 7) is 2.03. The normalized spacial score (nSPS) is 10.9. The van der Waals surface area contributed by atoms with Crippen LogP contribution in [0.5, 0.6) is 0 Å². The van der Waals surface area contributed by atoms with Crippen molar-refractivity contribution in [3.63, 3.8) is 0 Å². The Morgan fingerprint density at radius 1 is 1.24 bits per heavy atom. The summed E-state index contributed by atoms with van der Waals surface area (Å²) in [6, 6.07) is 13.8. The predicted molar refractivity (Wildman–Crippen MR) is 86.0 cm³/mol. The van der Waals surface area contributed by atoms with Crippen LogP contribution in [0.4, 0.5) is 0 Å². The lowest BCUT2D eigenvalue weighted by Crippen LogP contribution is -2.05. The fraction of sp³-hybridized carbons (Fsp3) is 0.176. The molecule has 0 unspecified atom stereocenters. The Kier molecular flexibility index (Phi) is 3.71. The zero-order chi connectivity index (χ0) is 14.8. The monoisotopic (exact) mass is 297 g/mol. The summed E-state index contributed by atoms with van der Waals surface area (Å²) in [5.41, 5.74) is 1.83. The third kappa shape index (κ3) is 2.67. The molecule has 0 saturated heterocycles. The Labute approximate surface area is 126 Å². The van der Waals surface area contributed by atoms with E-state index in [-0.39, 0.29) is 0 Å². The van der Waals surface area contributed by atoms with E-state index in [0.717, 1.165) is 17.0 Å². The number of hydrogen-bond acceptors (Lipinski definition) is 3. The van der Waals surface area contributed by atoms with E-state index in [1.54, 1.807) is 23.5 Å². The number of fused-ring (bicyclic) bond motifs is 1. The summed E-state index contributed by atoms with van der Waals surface area (Å²) in [4.78, 5) is 16.9. The van der Waals surface area contributed by atoms with Gasteiger partial charge in [0.05, 0.1) is 21.8 Å². The second-order valence-corrected chi connectivity index (χ2v) is 5.98. The second-order valence-electron chi connectivity index (χ2n) is 4.89. The van der Waals surface area contributed by atoms with Crippen LogP contribution in [0.25, 0.3) is 20.7 Å². The molecule has 0 aliphatic carbocycles. The lowest BCUT2D eigenvalue weighted by atomic mass is 10.1. The smallest absolute Gasteiger partial charge is 0.337 e. The van der Waals surface area contributed by atoms with E-state index in [2.05, 4.69) is 23.2 Å². The third-order valence-corrected chi connectivity index (χ3v) is 4.51. The first kappa shape index (κ1) is 13.8. The average molecular weight is 297 g/mol. The number of rotatable bonds is 4. The van der Waals surface area contributed by atoms with Gasteiger partial charge in [0.2, 0.25) is 0 Å². The SMILES string of the molecule is CCCc1nc(-c2cc3ccccc3s2)ccc1C(=O)O. The van der Waals surface area contributed by atoms with Crippen LogP contribution in [0.1, 0.15) is 29.4 Å². The molecule has 0 aliphatic heterocycles. The van der Waals surface area contributed by atoms with Gasteiger partial charge in [-0.05, 0) is 36.1 Å². The van der Waals surface area contributed by atoms with Gasteiger partial charge in [-0.15, -0.1) is 11.3 Å². The Balaban J connectivity index is 2.09. The quantitative estimate of drug-likeness (QED) is 0.764. The van der Waals surface area contributed by atoms with Crippen molar-refractivity contribution in [3.8, 4) is 10.6 Å². The van der Waals surface area contributed by atoms with Gasteiger partial charge in [0.15, 0.2) is 0 Å². The fourth-order valence-electron chi connectivity index (χ4n) is 2.37. The van der Waals surface area contributed by atoms with Crippen LogP contribution in [-0.2, 0) is 6.42 Å². The van der Waals surface area contributed by atoms with Gasteiger partial charge in [-0.2, -0.15) is 0 Å². The van der Waals surface area contributed by atoms with Gasteiger partial charge >= 0.3 is 5.97 Å². The number of aryl methyl sites for hydroxylation is 1. The summed E-state index contributed by atoms with van der Waals surface area (Å²) in [7, 11) is 0. The molecule has 0 bridgehead atoms. The summed E-state index contributed by atoms with van der Waals surface area (Å²) < 4.78 is 1.22. The van der Waals surface area contributed by atoms with Crippen molar-refractivity contribution in [3.05, 3.63) is 53.7 Å². The Hall–Kier alpha value is -2.20. The number of aromatic carboxylic acids is 1. The lowest BCUT2D eigenvalue weighted by molar-refractivity contribution is 0.0695. The molecule has 3 rings (SSSR count). The maximum atomic E-state index is 11.2. The maximum Gasteiger partial charge on any atom is 0.337 e. The van der Waals surface area contributed by atoms with E-state index >= 15 is 0 Å². The standard InChI is InChI=1S/C17H15NO2S/c1-2-5-13-12(17(19)20)8-9-14(18-13)16-10-11-6-3-4-7-15(11)21-16/h3-4,6-10H,2,5H2,1H3,(H,19,20). The van der Waals surface area contributed by atoms with Crippen LogP contribution in [0.15, 0.2) is 42.5 Å². The van der Waals surface area contributed by atoms with Gasteiger partial charge in [0.25, 0.3) is 0 Å². The van der Waals surface area contributed by atoms with Crippen LogP contribution in [0.2, 0.25) is 0 Å². The van der Waals surface area contributed by atoms with Gasteiger partial charge < -0.3 is 5.11 Å². The van der Waals surface area contributed by atoms with Crippen LogP contribution in [0.3, 0.4) is 0 Å². The Morgan fingerprint density at radius 2 is 2.05 bits per heavy atom. The van der Waals surface area contributed by atoms with Gasteiger partial charge in [0.1, 0.15) is 0 Å². The summed E-state index contributed by atoms with van der Waals surface area (Å²) >= 11 is 1.68. The molecule has 4 heteroatoms. The van der Waals surface area contributed by atoms with E-state index in [9.17, 15) is 9.90 Å². The first-order valence-electron chi connectivity index (χ1n) is 6.91. The van der Waals surface area contributed by atoms with Gasteiger partial charge in [-0.25, -0.2) is 4.79 Å². The van der Waals surface area contributed by atoms with Crippen molar-refractivity contribution < 1.29 is 9.90 Å². The highest BCUT2D eigenvalue weighted by molar-refractivity contribution is 7.22. The second kappa shape index (κ2) is 5.66. The molecule has 0 fully saturated rings. The number of aromatic nitrogens is 1. The molecule has 0 radical (unpaired) electrons. The molecule has 2 heterocycles. The van der Waals surface area contributed by atoms with Crippen molar-refractivity contribution in [1.29, 1.82) is 0 Å². The molecular formula is C17H15NO2S. The molecule has 0 aliphatic rings. The number of carboxylic acid groups (broad SMARTS) is 1. The molecule has 0 amide bonds. The number of pyridine rings is 1. The Morgan fingerprint density at radius 3 is 2.76 bits per heavy atom. The topological polar surface area (TPSA) is 50.2 Å². The highest BCUT2D eigenvalue weighted by Gasteiger charge is 2.13. The summed E-state index contributed by atoms with van der Waals surface area (Å²) in [5, 5.41) is 10.4. The van der Waals surface area contributed by atoms with Crippen molar-refractivity contribution >= 4 is 27.4 Å². The van der Waals surface area contributed by atoms with E-state index in [4.69, 9.17) is 0 Å². The van der Waals surface area contributed by atoms with Gasteiger partial charge in [-0.1, -0.05) is 31.5 Å². The molecule has 0 atom stereocenters. The van der Waals surface area contributed by atoms with Crippen LogP contribution >= 0.6 is 11.3 Å². The van der Waals surface area contributed by atoms with Gasteiger partial charge in [-0.3, -0.25) is 4.98 Å². The maximum absolute atomic E-state index is 11.2. The summed E-state index contributed by atoms with van der Waals surface area (Å²) in [5.74, 6) is -0.908. The van der Waals surface area contributed by atoms with Crippen molar-refractivity contribution in [1.82, 2.24) is 4.98 Å². The predicted octanol–water partition coefficient (Wildman–Crippen LogP) is 4.61. The number of hydrogen-bond donors (Lipinski definition) is 1.